The molecular formula is C15H16N4. The van der Waals surface area contributed by atoms with Gasteiger partial charge in [-0.3, -0.25) is 0 Å². The molecular weight excluding hydrogens is 236 g/mol. The third-order valence-corrected chi connectivity index (χ3v) is 3.12. The molecule has 3 rings (SSSR count). The summed E-state index contributed by atoms with van der Waals surface area (Å²) in [4.78, 5) is 9.13. The molecule has 0 amide bonds. The highest BCUT2D eigenvalue weighted by Crippen LogP contribution is 2.24. The molecule has 19 heavy (non-hydrogen) atoms. The van der Waals surface area contributed by atoms with E-state index in [2.05, 4.69) is 16.5 Å². The smallest absolute Gasteiger partial charge is 0.160 e. The van der Waals surface area contributed by atoms with E-state index in [1.807, 2.05) is 42.6 Å². The van der Waals surface area contributed by atoms with Gasteiger partial charge < -0.3 is 10.3 Å². The molecule has 4 heteroatoms. The van der Waals surface area contributed by atoms with Crippen LogP contribution in [-0.4, -0.2) is 14.5 Å². The number of benzene rings is 1. The third-order valence-electron chi connectivity index (χ3n) is 3.12. The van der Waals surface area contributed by atoms with Crippen molar-refractivity contribution in [1.82, 2.24) is 14.5 Å². The number of aromatic nitrogens is 3. The zero-order valence-corrected chi connectivity index (χ0v) is 10.9. The standard InChI is InChI=1S/C15H16N4/c1-2-10-19-14(11-5-7-12(16)8-6-11)18-13-4-3-9-17-15(13)19/h3-9H,2,10,16H2,1H3. The molecule has 2 aromatic heterocycles. The topological polar surface area (TPSA) is 56.7 Å². The molecule has 96 valence electrons. The van der Waals surface area contributed by atoms with Gasteiger partial charge in [0.15, 0.2) is 5.65 Å². The van der Waals surface area contributed by atoms with Crippen LogP contribution >= 0.6 is 0 Å². The van der Waals surface area contributed by atoms with Crippen LogP contribution in [0.5, 0.6) is 0 Å². The van der Waals surface area contributed by atoms with Gasteiger partial charge in [-0.2, -0.15) is 0 Å². The Labute approximate surface area is 111 Å². The zero-order chi connectivity index (χ0) is 13.2. The predicted molar refractivity (Wildman–Crippen MR) is 77.7 cm³/mol. The number of pyridine rings is 1. The van der Waals surface area contributed by atoms with E-state index in [-0.39, 0.29) is 0 Å². The van der Waals surface area contributed by atoms with Crippen LogP contribution in [0.3, 0.4) is 0 Å². The highest BCUT2D eigenvalue weighted by atomic mass is 15.1. The molecule has 0 spiro atoms. The molecule has 0 saturated carbocycles. The molecule has 3 aromatic rings. The summed E-state index contributed by atoms with van der Waals surface area (Å²) in [5, 5.41) is 0. The number of nitrogen functional groups attached to an aromatic ring is 1. The van der Waals surface area contributed by atoms with Crippen molar-refractivity contribution in [3.05, 3.63) is 42.6 Å². The van der Waals surface area contributed by atoms with E-state index in [4.69, 9.17) is 10.7 Å². The number of anilines is 1. The summed E-state index contributed by atoms with van der Waals surface area (Å²) in [6.07, 6.45) is 2.85. The van der Waals surface area contributed by atoms with Crippen molar-refractivity contribution in [1.29, 1.82) is 0 Å². The Bertz CT molecular complexity index is 698. The largest absolute Gasteiger partial charge is 0.399 e. The maximum absolute atomic E-state index is 5.74. The summed E-state index contributed by atoms with van der Waals surface area (Å²) in [5.41, 5.74) is 9.45. The lowest BCUT2D eigenvalue weighted by Crippen LogP contribution is -2.00. The SMILES string of the molecule is CCCn1c(-c2ccc(N)cc2)nc2cccnc21. The van der Waals surface area contributed by atoms with E-state index in [1.165, 1.54) is 0 Å². The normalized spacial score (nSPS) is 11.0. The number of fused-ring (bicyclic) bond motifs is 1. The van der Waals surface area contributed by atoms with Gasteiger partial charge in [-0.05, 0) is 42.8 Å². The van der Waals surface area contributed by atoms with Crippen molar-refractivity contribution in [2.24, 2.45) is 0 Å². The number of aryl methyl sites for hydroxylation is 1. The van der Waals surface area contributed by atoms with E-state index in [9.17, 15) is 0 Å². The van der Waals surface area contributed by atoms with Gasteiger partial charge in [0.1, 0.15) is 11.3 Å². The summed E-state index contributed by atoms with van der Waals surface area (Å²) < 4.78 is 2.17. The minimum absolute atomic E-state index is 0.764. The van der Waals surface area contributed by atoms with Crippen LogP contribution in [0.2, 0.25) is 0 Å². The Balaban J connectivity index is 2.21. The van der Waals surface area contributed by atoms with Crippen molar-refractivity contribution >= 4 is 16.9 Å². The van der Waals surface area contributed by atoms with Gasteiger partial charge in [-0.1, -0.05) is 6.92 Å². The average molecular weight is 252 g/mol. The quantitative estimate of drug-likeness (QED) is 0.729. The van der Waals surface area contributed by atoms with Gasteiger partial charge in [0.05, 0.1) is 0 Å². The van der Waals surface area contributed by atoms with E-state index < -0.39 is 0 Å². The molecule has 0 fully saturated rings. The lowest BCUT2D eigenvalue weighted by atomic mass is 10.2. The van der Waals surface area contributed by atoms with Crippen LogP contribution in [0, 0.1) is 0 Å². The number of hydrogen-bond acceptors (Lipinski definition) is 3. The molecule has 0 bridgehead atoms. The molecule has 0 saturated heterocycles. The Morgan fingerprint density at radius 1 is 1.16 bits per heavy atom. The van der Waals surface area contributed by atoms with Crippen molar-refractivity contribution in [3.63, 3.8) is 0 Å². The predicted octanol–water partition coefficient (Wildman–Crippen LogP) is 3.09. The summed E-state index contributed by atoms with van der Waals surface area (Å²) in [6.45, 7) is 3.06. The fourth-order valence-electron chi connectivity index (χ4n) is 2.25. The van der Waals surface area contributed by atoms with Crippen LogP contribution in [0.4, 0.5) is 5.69 Å². The van der Waals surface area contributed by atoms with E-state index in [0.717, 1.165) is 41.2 Å². The number of nitrogens with zero attached hydrogens (tertiary/aromatic N) is 3. The fourth-order valence-corrected chi connectivity index (χ4v) is 2.25. The molecule has 0 aliphatic rings. The third kappa shape index (κ3) is 2.05. The molecule has 2 heterocycles. The number of rotatable bonds is 3. The molecule has 0 atom stereocenters. The second-order valence-corrected chi connectivity index (χ2v) is 4.56. The van der Waals surface area contributed by atoms with Crippen LogP contribution < -0.4 is 5.73 Å². The summed E-state index contributed by atoms with van der Waals surface area (Å²) >= 11 is 0. The molecule has 1 aromatic carbocycles. The molecule has 0 aliphatic carbocycles. The van der Waals surface area contributed by atoms with E-state index >= 15 is 0 Å². The first-order valence-corrected chi connectivity index (χ1v) is 6.46. The molecule has 0 aliphatic heterocycles. The minimum atomic E-state index is 0.764. The molecule has 0 unspecified atom stereocenters. The summed E-state index contributed by atoms with van der Waals surface area (Å²) in [5.74, 6) is 0.954. The van der Waals surface area contributed by atoms with Gasteiger partial charge >= 0.3 is 0 Å². The second kappa shape index (κ2) is 4.72. The van der Waals surface area contributed by atoms with Crippen LogP contribution in [0.15, 0.2) is 42.6 Å². The molecule has 2 N–H and O–H groups in total. The Morgan fingerprint density at radius 3 is 2.68 bits per heavy atom. The second-order valence-electron chi connectivity index (χ2n) is 4.56. The van der Waals surface area contributed by atoms with Gasteiger partial charge in [-0.25, -0.2) is 9.97 Å². The monoisotopic (exact) mass is 252 g/mol. The Kier molecular flexibility index (Phi) is 2.91. The average Bonchev–Trinajstić information content (AvgIpc) is 2.79. The summed E-state index contributed by atoms with van der Waals surface area (Å²) in [6, 6.07) is 11.7. The van der Waals surface area contributed by atoms with Crippen molar-refractivity contribution in [2.75, 3.05) is 5.73 Å². The number of nitrogens with two attached hydrogens (primary N) is 1. The zero-order valence-electron chi connectivity index (χ0n) is 10.9. The lowest BCUT2D eigenvalue weighted by molar-refractivity contribution is 0.698. The van der Waals surface area contributed by atoms with E-state index in [0.29, 0.717) is 0 Å². The number of hydrogen-bond donors (Lipinski definition) is 1. The summed E-state index contributed by atoms with van der Waals surface area (Å²) in [7, 11) is 0. The maximum Gasteiger partial charge on any atom is 0.160 e. The highest BCUT2D eigenvalue weighted by molar-refractivity contribution is 5.77. The van der Waals surface area contributed by atoms with E-state index in [1.54, 1.807) is 0 Å². The van der Waals surface area contributed by atoms with Crippen LogP contribution in [0.25, 0.3) is 22.6 Å². The number of imidazole rings is 1. The van der Waals surface area contributed by atoms with Gasteiger partial charge in [0, 0.05) is 24.0 Å². The minimum Gasteiger partial charge on any atom is -0.399 e. The van der Waals surface area contributed by atoms with Crippen molar-refractivity contribution < 1.29 is 0 Å². The Morgan fingerprint density at radius 2 is 1.95 bits per heavy atom. The van der Waals surface area contributed by atoms with Crippen LogP contribution in [0.1, 0.15) is 13.3 Å². The molecule has 4 nitrogen and oxygen atoms in total. The lowest BCUT2D eigenvalue weighted by Gasteiger charge is -2.07. The van der Waals surface area contributed by atoms with Gasteiger partial charge in [0.2, 0.25) is 0 Å². The van der Waals surface area contributed by atoms with Gasteiger partial charge in [0.25, 0.3) is 0 Å². The van der Waals surface area contributed by atoms with Crippen LogP contribution in [-0.2, 0) is 6.54 Å². The van der Waals surface area contributed by atoms with Crippen molar-refractivity contribution in [3.8, 4) is 11.4 Å². The first-order chi connectivity index (χ1) is 9.29. The highest BCUT2D eigenvalue weighted by Gasteiger charge is 2.12. The van der Waals surface area contributed by atoms with Gasteiger partial charge in [-0.15, -0.1) is 0 Å². The maximum atomic E-state index is 5.74. The van der Waals surface area contributed by atoms with Crippen molar-refractivity contribution in [2.45, 2.75) is 19.9 Å². The molecule has 0 radical (unpaired) electrons. The Hall–Kier alpha value is -2.36. The fraction of sp³-hybridized carbons (Fsp3) is 0.200. The first-order valence-electron chi connectivity index (χ1n) is 6.46. The first kappa shape index (κ1) is 11.7.